The summed E-state index contributed by atoms with van der Waals surface area (Å²) in [6, 6.07) is 0. The van der Waals surface area contributed by atoms with Gasteiger partial charge in [0.1, 0.15) is 0 Å². The maximum Gasteiger partial charge on any atom is 0.303 e. The van der Waals surface area contributed by atoms with Crippen LogP contribution >= 0.6 is 0 Å². The molecule has 3 heteroatoms. The standard InChI is InChI=1S/C11H19NO2/c12-10-8-6-4-2-1-3-5-7-9-11(13)14/h3-6H,1-2,7-10,12H2,(H,13,14). The van der Waals surface area contributed by atoms with Crippen LogP contribution in [0.1, 0.15) is 32.1 Å². The first-order chi connectivity index (χ1) is 6.77. The van der Waals surface area contributed by atoms with Gasteiger partial charge in [0, 0.05) is 6.42 Å². The minimum absolute atomic E-state index is 0.222. The highest BCUT2D eigenvalue weighted by Crippen LogP contribution is 1.97. The van der Waals surface area contributed by atoms with E-state index in [1.165, 1.54) is 0 Å². The fourth-order valence-electron chi connectivity index (χ4n) is 0.967. The van der Waals surface area contributed by atoms with Crippen molar-refractivity contribution in [3.05, 3.63) is 24.3 Å². The molecule has 0 aliphatic rings. The van der Waals surface area contributed by atoms with Gasteiger partial charge in [0.15, 0.2) is 0 Å². The lowest BCUT2D eigenvalue weighted by molar-refractivity contribution is -0.136. The number of hydrogen-bond acceptors (Lipinski definition) is 2. The quantitative estimate of drug-likeness (QED) is 0.462. The molecule has 0 amide bonds. The van der Waals surface area contributed by atoms with Gasteiger partial charge in [-0.3, -0.25) is 4.79 Å². The summed E-state index contributed by atoms with van der Waals surface area (Å²) in [5, 5.41) is 8.36. The lowest BCUT2D eigenvalue weighted by Gasteiger charge is -1.89. The van der Waals surface area contributed by atoms with Crippen molar-refractivity contribution < 1.29 is 9.90 Å². The summed E-state index contributed by atoms with van der Waals surface area (Å²) in [5.74, 6) is -0.738. The summed E-state index contributed by atoms with van der Waals surface area (Å²) in [4.78, 5) is 10.1. The molecular weight excluding hydrogens is 178 g/mol. The molecule has 0 rings (SSSR count). The first-order valence-corrected chi connectivity index (χ1v) is 4.99. The van der Waals surface area contributed by atoms with E-state index < -0.39 is 5.97 Å². The Morgan fingerprint density at radius 2 is 1.50 bits per heavy atom. The zero-order valence-corrected chi connectivity index (χ0v) is 8.48. The van der Waals surface area contributed by atoms with Crippen molar-refractivity contribution in [1.29, 1.82) is 0 Å². The van der Waals surface area contributed by atoms with E-state index in [1.807, 2.05) is 12.2 Å². The van der Waals surface area contributed by atoms with Crippen LogP contribution in [0.15, 0.2) is 24.3 Å². The summed E-state index contributed by atoms with van der Waals surface area (Å²) in [7, 11) is 0. The highest BCUT2D eigenvalue weighted by atomic mass is 16.4. The largest absolute Gasteiger partial charge is 0.481 e. The Kier molecular flexibility index (Phi) is 9.22. The summed E-state index contributed by atoms with van der Waals surface area (Å²) < 4.78 is 0. The van der Waals surface area contributed by atoms with Gasteiger partial charge in [0.2, 0.25) is 0 Å². The van der Waals surface area contributed by atoms with Gasteiger partial charge in [-0.1, -0.05) is 24.3 Å². The van der Waals surface area contributed by atoms with Crippen molar-refractivity contribution in [3.8, 4) is 0 Å². The van der Waals surface area contributed by atoms with Crippen molar-refractivity contribution in [1.82, 2.24) is 0 Å². The molecule has 3 N–H and O–H groups in total. The van der Waals surface area contributed by atoms with E-state index in [9.17, 15) is 4.79 Å². The molecule has 0 aliphatic heterocycles. The SMILES string of the molecule is NCCC=CCCC=CCCC(=O)O. The van der Waals surface area contributed by atoms with Crippen LogP contribution in [0.2, 0.25) is 0 Å². The van der Waals surface area contributed by atoms with E-state index >= 15 is 0 Å². The fraction of sp³-hybridized carbons (Fsp3) is 0.545. The summed E-state index contributed by atoms with van der Waals surface area (Å²) in [6.07, 6.45) is 11.9. The molecule has 0 atom stereocenters. The molecule has 3 nitrogen and oxygen atoms in total. The molecule has 0 saturated carbocycles. The van der Waals surface area contributed by atoms with Crippen LogP contribution in [-0.4, -0.2) is 17.6 Å². The van der Waals surface area contributed by atoms with Crippen molar-refractivity contribution in [3.63, 3.8) is 0 Å². The number of carbonyl (C=O) groups is 1. The molecular formula is C11H19NO2. The normalized spacial score (nSPS) is 11.5. The Bertz CT molecular complexity index is 197. The first kappa shape index (κ1) is 12.9. The Hall–Kier alpha value is -1.09. The number of carboxylic acid groups (broad SMARTS) is 1. The lowest BCUT2D eigenvalue weighted by Crippen LogP contribution is -1.94. The van der Waals surface area contributed by atoms with E-state index in [0.29, 0.717) is 13.0 Å². The van der Waals surface area contributed by atoms with E-state index in [4.69, 9.17) is 10.8 Å². The van der Waals surface area contributed by atoms with Gasteiger partial charge in [0.25, 0.3) is 0 Å². The van der Waals surface area contributed by atoms with Crippen molar-refractivity contribution in [2.45, 2.75) is 32.1 Å². The monoisotopic (exact) mass is 197 g/mol. The van der Waals surface area contributed by atoms with Crippen LogP contribution in [-0.2, 0) is 4.79 Å². The van der Waals surface area contributed by atoms with E-state index in [-0.39, 0.29) is 6.42 Å². The molecule has 0 spiro atoms. The number of aliphatic carboxylic acids is 1. The smallest absolute Gasteiger partial charge is 0.303 e. The van der Waals surface area contributed by atoms with Gasteiger partial charge in [-0.2, -0.15) is 0 Å². The van der Waals surface area contributed by atoms with Gasteiger partial charge in [-0.15, -0.1) is 0 Å². The highest BCUT2D eigenvalue weighted by Gasteiger charge is 1.90. The molecule has 0 unspecified atom stereocenters. The molecule has 0 aromatic carbocycles. The maximum atomic E-state index is 10.1. The Morgan fingerprint density at radius 1 is 1.00 bits per heavy atom. The number of hydrogen-bond donors (Lipinski definition) is 2. The molecule has 0 radical (unpaired) electrons. The first-order valence-electron chi connectivity index (χ1n) is 4.99. The van der Waals surface area contributed by atoms with E-state index in [2.05, 4.69) is 12.2 Å². The van der Waals surface area contributed by atoms with Crippen LogP contribution in [0, 0.1) is 0 Å². The summed E-state index contributed by atoms with van der Waals surface area (Å²) >= 11 is 0. The predicted molar refractivity (Wildman–Crippen MR) is 58.1 cm³/mol. The average molecular weight is 197 g/mol. The molecule has 0 aromatic heterocycles. The van der Waals surface area contributed by atoms with E-state index in [0.717, 1.165) is 19.3 Å². The van der Waals surface area contributed by atoms with Gasteiger partial charge in [0.05, 0.1) is 0 Å². The van der Waals surface area contributed by atoms with Gasteiger partial charge < -0.3 is 10.8 Å². The average Bonchev–Trinajstić information content (AvgIpc) is 2.15. The van der Waals surface area contributed by atoms with Gasteiger partial charge in [-0.25, -0.2) is 0 Å². The third kappa shape index (κ3) is 10.9. The van der Waals surface area contributed by atoms with Crippen LogP contribution in [0.4, 0.5) is 0 Å². The lowest BCUT2D eigenvalue weighted by atomic mass is 10.2. The van der Waals surface area contributed by atoms with Crippen LogP contribution in [0.25, 0.3) is 0 Å². The zero-order chi connectivity index (χ0) is 10.6. The second-order valence-corrected chi connectivity index (χ2v) is 3.03. The molecule has 0 fully saturated rings. The predicted octanol–water partition coefficient (Wildman–Crippen LogP) is 2.09. The van der Waals surface area contributed by atoms with E-state index in [1.54, 1.807) is 0 Å². The third-order valence-electron chi connectivity index (χ3n) is 1.69. The topological polar surface area (TPSA) is 63.3 Å². The number of carboxylic acids is 1. The second-order valence-electron chi connectivity index (χ2n) is 3.03. The third-order valence-corrected chi connectivity index (χ3v) is 1.69. The minimum Gasteiger partial charge on any atom is -0.481 e. The zero-order valence-electron chi connectivity index (χ0n) is 8.48. The summed E-state index contributed by atoms with van der Waals surface area (Å²) in [5.41, 5.74) is 5.32. The fourth-order valence-corrected chi connectivity index (χ4v) is 0.967. The number of rotatable bonds is 8. The Balaban J connectivity index is 3.22. The van der Waals surface area contributed by atoms with Crippen LogP contribution in [0.5, 0.6) is 0 Å². The Morgan fingerprint density at radius 3 is 2.00 bits per heavy atom. The number of allylic oxidation sites excluding steroid dienone is 3. The minimum atomic E-state index is -0.738. The molecule has 80 valence electrons. The molecule has 14 heavy (non-hydrogen) atoms. The maximum absolute atomic E-state index is 10.1. The molecule has 0 heterocycles. The second kappa shape index (κ2) is 9.99. The van der Waals surface area contributed by atoms with Gasteiger partial charge in [-0.05, 0) is 32.2 Å². The van der Waals surface area contributed by atoms with Crippen LogP contribution < -0.4 is 5.73 Å². The van der Waals surface area contributed by atoms with Gasteiger partial charge >= 0.3 is 5.97 Å². The van der Waals surface area contributed by atoms with Crippen molar-refractivity contribution in [2.24, 2.45) is 5.73 Å². The highest BCUT2D eigenvalue weighted by molar-refractivity contribution is 5.66. The molecule has 0 aromatic rings. The molecule has 0 aliphatic carbocycles. The Labute approximate surface area is 85.3 Å². The summed E-state index contributed by atoms with van der Waals surface area (Å²) in [6.45, 7) is 0.699. The number of nitrogens with two attached hydrogens (primary N) is 1. The molecule has 0 bridgehead atoms. The molecule has 0 saturated heterocycles. The van der Waals surface area contributed by atoms with Crippen LogP contribution in [0.3, 0.4) is 0 Å². The number of unbranched alkanes of at least 4 members (excludes halogenated alkanes) is 1. The van der Waals surface area contributed by atoms with Crippen molar-refractivity contribution >= 4 is 5.97 Å². The van der Waals surface area contributed by atoms with Crippen molar-refractivity contribution in [2.75, 3.05) is 6.54 Å².